The summed E-state index contributed by atoms with van der Waals surface area (Å²) in [7, 11) is 2.18. The summed E-state index contributed by atoms with van der Waals surface area (Å²) in [4.78, 5) is 21.2. The van der Waals surface area contributed by atoms with E-state index in [1.165, 1.54) is 37.7 Å². The molecule has 0 bridgehead atoms. The SMILES string of the molecule is CN(CC#Cc1ccc2nc(C3CNc4ccc(Br)cc43)cc(C(=O)NCc3ccc(CN)cc3)c2c1)C1CCCCC1. The van der Waals surface area contributed by atoms with Gasteiger partial charge in [0.15, 0.2) is 0 Å². The molecule has 7 heteroatoms. The fraction of sp³-hybridized carbons (Fsp3) is 0.333. The van der Waals surface area contributed by atoms with Crippen molar-refractivity contribution in [3.63, 3.8) is 0 Å². The molecule has 3 aromatic carbocycles. The number of anilines is 1. The summed E-state index contributed by atoms with van der Waals surface area (Å²) < 4.78 is 1.02. The lowest BCUT2D eigenvalue weighted by atomic mass is 9.94. The average molecular weight is 637 g/mol. The minimum absolute atomic E-state index is 0.0436. The standard InChI is InChI=1S/C36H38BrN5O/c1-42(28-7-3-2-4-8-28)17-5-6-24-13-15-34-29(18-24)31(36(43)40-22-26-11-9-25(21-38)10-12-26)20-35(41-34)32-23-39-33-16-14-27(37)19-30(32)33/h9-16,18-20,28,32,39H,2-4,7-8,17,21-23,38H2,1H3,(H,40,43). The highest BCUT2D eigenvalue weighted by Gasteiger charge is 2.27. The Labute approximate surface area is 262 Å². The third-order valence-electron chi connectivity index (χ3n) is 8.79. The van der Waals surface area contributed by atoms with Crippen molar-refractivity contribution >= 4 is 38.4 Å². The van der Waals surface area contributed by atoms with Gasteiger partial charge in [-0.15, -0.1) is 0 Å². The van der Waals surface area contributed by atoms with Gasteiger partial charge >= 0.3 is 0 Å². The van der Waals surface area contributed by atoms with Crippen LogP contribution in [0, 0.1) is 11.8 Å². The molecule has 1 fully saturated rings. The zero-order valence-electron chi connectivity index (χ0n) is 24.6. The Morgan fingerprint density at radius 1 is 1.05 bits per heavy atom. The first-order valence-corrected chi connectivity index (χ1v) is 16.0. The number of nitrogens with two attached hydrogens (primary N) is 1. The molecule has 220 valence electrons. The molecule has 1 aromatic heterocycles. The van der Waals surface area contributed by atoms with Crippen LogP contribution in [0.1, 0.15) is 76.3 Å². The second kappa shape index (κ2) is 13.3. The molecule has 1 aliphatic carbocycles. The van der Waals surface area contributed by atoms with Crippen molar-refractivity contribution in [2.75, 3.05) is 25.5 Å². The number of nitrogens with zero attached hydrogens (tertiary/aromatic N) is 2. The summed E-state index contributed by atoms with van der Waals surface area (Å²) in [6.45, 7) is 2.39. The largest absolute Gasteiger partial charge is 0.384 e. The number of hydrogen-bond acceptors (Lipinski definition) is 5. The van der Waals surface area contributed by atoms with E-state index in [1.54, 1.807) is 0 Å². The Kier molecular flexibility index (Phi) is 9.08. The van der Waals surface area contributed by atoms with Crippen LogP contribution in [0.25, 0.3) is 10.9 Å². The van der Waals surface area contributed by atoms with Crippen molar-refractivity contribution in [1.82, 2.24) is 15.2 Å². The predicted molar refractivity (Wildman–Crippen MR) is 178 cm³/mol. The van der Waals surface area contributed by atoms with Crippen molar-refractivity contribution < 1.29 is 4.79 Å². The number of benzene rings is 3. The molecule has 2 heterocycles. The summed E-state index contributed by atoms with van der Waals surface area (Å²) in [6, 6.07) is 22.9. The normalized spacial score (nSPS) is 16.4. The van der Waals surface area contributed by atoms with Crippen LogP contribution in [-0.2, 0) is 13.1 Å². The number of carbonyl (C=O) groups is 1. The number of fused-ring (bicyclic) bond motifs is 2. The van der Waals surface area contributed by atoms with Crippen molar-refractivity contribution in [2.45, 2.75) is 57.2 Å². The minimum atomic E-state index is -0.126. The summed E-state index contributed by atoms with van der Waals surface area (Å²) in [5.41, 5.74) is 13.3. The third-order valence-corrected chi connectivity index (χ3v) is 9.28. The van der Waals surface area contributed by atoms with Gasteiger partial charge in [-0.3, -0.25) is 14.7 Å². The molecule has 4 N–H and O–H groups in total. The van der Waals surface area contributed by atoms with Crippen LogP contribution >= 0.6 is 15.9 Å². The van der Waals surface area contributed by atoms with Crippen molar-refractivity contribution in [3.8, 4) is 11.8 Å². The van der Waals surface area contributed by atoms with Gasteiger partial charge in [0.2, 0.25) is 0 Å². The maximum absolute atomic E-state index is 13.8. The Morgan fingerprint density at radius 3 is 2.63 bits per heavy atom. The van der Waals surface area contributed by atoms with Crippen LogP contribution in [0.4, 0.5) is 5.69 Å². The zero-order valence-corrected chi connectivity index (χ0v) is 26.2. The van der Waals surface area contributed by atoms with E-state index in [0.717, 1.165) is 56.5 Å². The fourth-order valence-corrected chi connectivity index (χ4v) is 6.63. The topological polar surface area (TPSA) is 83.3 Å². The van der Waals surface area contributed by atoms with Gasteiger partial charge in [-0.2, -0.15) is 0 Å². The van der Waals surface area contributed by atoms with E-state index in [0.29, 0.717) is 24.7 Å². The summed E-state index contributed by atoms with van der Waals surface area (Å²) in [6.07, 6.45) is 6.49. The van der Waals surface area contributed by atoms with Gasteiger partial charge in [0.1, 0.15) is 0 Å². The molecule has 43 heavy (non-hydrogen) atoms. The van der Waals surface area contributed by atoms with E-state index in [2.05, 4.69) is 62.5 Å². The molecule has 4 aromatic rings. The van der Waals surface area contributed by atoms with E-state index in [-0.39, 0.29) is 11.8 Å². The smallest absolute Gasteiger partial charge is 0.252 e. The number of amides is 1. The first kappa shape index (κ1) is 29.4. The van der Waals surface area contributed by atoms with Crippen LogP contribution in [0.15, 0.2) is 71.2 Å². The van der Waals surface area contributed by atoms with Gasteiger partial charge in [0, 0.05) is 52.7 Å². The Hall–Kier alpha value is -3.70. The molecule has 1 unspecified atom stereocenters. The van der Waals surface area contributed by atoms with Crippen LogP contribution in [0.5, 0.6) is 0 Å². The number of aromatic nitrogens is 1. The Balaban J connectivity index is 1.30. The first-order valence-electron chi connectivity index (χ1n) is 15.2. The predicted octanol–water partition coefficient (Wildman–Crippen LogP) is 6.56. The molecule has 1 saturated carbocycles. The first-order chi connectivity index (χ1) is 21.0. The highest BCUT2D eigenvalue weighted by molar-refractivity contribution is 9.10. The van der Waals surface area contributed by atoms with Gasteiger partial charge in [-0.25, -0.2) is 0 Å². The summed E-state index contributed by atoms with van der Waals surface area (Å²) in [5.74, 6) is 6.65. The Morgan fingerprint density at radius 2 is 1.84 bits per heavy atom. The summed E-state index contributed by atoms with van der Waals surface area (Å²) in [5, 5.41) is 7.45. The molecule has 2 aliphatic rings. The van der Waals surface area contributed by atoms with Crippen LogP contribution in [0.3, 0.4) is 0 Å². The molecular weight excluding hydrogens is 598 g/mol. The van der Waals surface area contributed by atoms with E-state index in [9.17, 15) is 4.79 Å². The molecule has 0 saturated heterocycles. The van der Waals surface area contributed by atoms with E-state index in [1.807, 2.05) is 54.6 Å². The second-order valence-corrected chi connectivity index (χ2v) is 12.6. The van der Waals surface area contributed by atoms with Crippen molar-refractivity contribution in [2.24, 2.45) is 5.73 Å². The van der Waals surface area contributed by atoms with Crippen LogP contribution < -0.4 is 16.4 Å². The maximum atomic E-state index is 13.8. The molecule has 1 amide bonds. The molecule has 1 atom stereocenters. The lowest BCUT2D eigenvalue weighted by Gasteiger charge is -2.29. The minimum Gasteiger partial charge on any atom is -0.384 e. The van der Waals surface area contributed by atoms with E-state index < -0.39 is 0 Å². The number of pyridine rings is 1. The fourth-order valence-electron chi connectivity index (χ4n) is 6.25. The second-order valence-electron chi connectivity index (χ2n) is 11.7. The number of halogens is 1. The van der Waals surface area contributed by atoms with Gasteiger partial charge in [-0.05, 0) is 79.0 Å². The van der Waals surface area contributed by atoms with E-state index in [4.69, 9.17) is 10.7 Å². The third kappa shape index (κ3) is 6.78. The number of nitrogens with one attached hydrogen (secondary N) is 2. The Bertz CT molecular complexity index is 1680. The number of rotatable bonds is 7. The quantitative estimate of drug-likeness (QED) is 0.200. The molecule has 6 nitrogen and oxygen atoms in total. The van der Waals surface area contributed by atoms with Gasteiger partial charge in [-0.1, -0.05) is 71.3 Å². The van der Waals surface area contributed by atoms with E-state index >= 15 is 0 Å². The van der Waals surface area contributed by atoms with Crippen LogP contribution in [0.2, 0.25) is 0 Å². The number of carbonyl (C=O) groups excluding carboxylic acids is 1. The molecular formula is C36H38BrN5O. The average Bonchev–Trinajstić information content (AvgIpc) is 3.46. The number of hydrogen-bond donors (Lipinski definition) is 3. The zero-order chi connectivity index (χ0) is 29.8. The van der Waals surface area contributed by atoms with Crippen molar-refractivity contribution in [1.29, 1.82) is 0 Å². The molecule has 1 aliphatic heterocycles. The van der Waals surface area contributed by atoms with Gasteiger partial charge in [0.05, 0.1) is 23.3 Å². The van der Waals surface area contributed by atoms with Crippen molar-refractivity contribution in [3.05, 3.63) is 105 Å². The van der Waals surface area contributed by atoms with Gasteiger partial charge < -0.3 is 16.4 Å². The molecule has 0 radical (unpaired) electrons. The molecule has 6 rings (SSSR count). The summed E-state index contributed by atoms with van der Waals surface area (Å²) >= 11 is 3.62. The highest BCUT2D eigenvalue weighted by atomic mass is 79.9. The van der Waals surface area contributed by atoms with Crippen LogP contribution in [-0.4, -0.2) is 42.0 Å². The monoisotopic (exact) mass is 635 g/mol. The lowest BCUT2D eigenvalue weighted by Crippen LogP contribution is -2.33. The van der Waals surface area contributed by atoms with Gasteiger partial charge in [0.25, 0.3) is 5.91 Å². The molecule has 0 spiro atoms. The highest BCUT2D eigenvalue weighted by Crippen LogP contribution is 2.38. The maximum Gasteiger partial charge on any atom is 0.252 e. The lowest BCUT2D eigenvalue weighted by molar-refractivity contribution is 0.0952.